The van der Waals surface area contributed by atoms with Crippen LogP contribution in [0, 0.1) is 5.92 Å². The van der Waals surface area contributed by atoms with E-state index in [2.05, 4.69) is 17.1 Å². The molecule has 5 heteroatoms. The van der Waals surface area contributed by atoms with Crippen LogP contribution >= 0.6 is 0 Å². The van der Waals surface area contributed by atoms with E-state index in [9.17, 15) is 8.42 Å². The lowest BCUT2D eigenvalue weighted by Crippen LogP contribution is -2.58. The van der Waals surface area contributed by atoms with Gasteiger partial charge in [0, 0.05) is 38.0 Å². The summed E-state index contributed by atoms with van der Waals surface area (Å²) in [6.07, 6.45) is 6.35. The van der Waals surface area contributed by atoms with Crippen molar-refractivity contribution in [3.8, 4) is 0 Å². The van der Waals surface area contributed by atoms with Crippen LogP contribution in [0.3, 0.4) is 0 Å². The van der Waals surface area contributed by atoms with E-state index in [-0.39, 0.29) is 0 Å². The summed E-state index contributed by atoms with van der Waals surface area (Å²) in [6, 6.07) is 1.12. The molecule has 18 heavy (non-hydrogen) atoms. The van der Waals surface area contributed by atoms with Crippen LogP contribution in [-0.4, -0.2) is 57.0 Å². The van der Waals surface area contributed by atoms with E-state index in [1.807, 2.05) is 0 Å². The van der Waals surface area contributed by atoms with Crippen molar-refractivity contribution in [1.29, 1.82) is 0 Å². The zero-order valence-corrected chi connectivity index (χ0v) is 12.4. The Kier molecular flexibility index (Phi) is 4.67. The molecule has 0 amide bonds. The molecular weight excluding hydrogens is 248 g/mol. The second kappa shape index (κ2) is 5.88. The SMILES string of the molecule is CCCC1CN(CCS(C)(=O)=O)C(C2CC2)CN1. The third-order valence-electron chi connectivity index (χ3n) is 4.09. The fourth-order valence-electron chi connectivity index (χ4n) is 2.93. The Balaban J connectivity index is 1.91. The number of piperazine rings is 1. The highest BCUT2D eigenvalue weighted by molar-refractivity contribution is 7.90. The highest BCUT2D eigenvalue weighted by Gasteiger charge is 2.38. The van der Waals surface area contributed by atoms with Gasteiger partial charge < -0.3 is 5.32 Å². The molecule has 0 bridgehead atoms. The summed E-state index contributed by atoms with van der Waals surface area (Å²) in [5.41, 5.74) is 0. The highest BCUT2D eigenvalue weighted by atomic mass is 32.2. The molecule has 0 aromatic carbocycles. The molecule has 1 aliphatic heterocycles. The minimum Gasteiger partial charge on any atom is -0.311 e. The van der Waals surface area contributed by atoms with Gasteiger partial charge in [-0.3, -0.25) is 4.90 Å². The molecule has 2 unspecified atom stereocenters. The van der Waals surface area contributed by atoms with Crippen LogP contribution in [0.2, 0.25) is 0 Å². The number of hydrogen-bond donors (Lipinski definition) is 1. The minimum absolute atomic E-state index is 0.301. The van der Waals surface area contributed by atoms with Crippen molar-refractivity contribution in [3.05, 3.63) is 0 Å². The lowest BCUT2D eigenvalue weighted by atomic mass is 10.0. The van der Waals surface area contributed by atoms with Gasteiger partial charge in [-0.15, -0.1) is 0 Å². The van der Waals surface area contributed by atoms with Crippen molar-refractivity contribution in [2.45, 2.75) is 44.7 Å². The maximum atomic E-state index is 11.3. The predicted molar refractivity (Wildman–Crippen MR) is 74.5 cm³/mol. The van der Waals surface area contributed by atoms with Gasteiger partial charge >= 0.3 is 0 Å². The molecule has 2 rings (SSSR count). The molecule has 0 aromatic rings. The van der Waals surface area contributed by atoms with E-state index in [1.54, 1.807) is 0 Å². The van der Waals surface area contributed by atoms with Crippen LogP contribution in [-0.2, 0) is 9.84 Å². The van der Waals surface area contributed by atoms with Crippen molar-refractivity contribution >= 4 is 9.84 Å². The van der Waals surface area contributed by atoms with Crippen LogP contribution in [0.4, 0.5) is 0 Å². The van der Waals surface area contributed by atoms with Crippen molar-refractivity contribution in [3.63, 3.8) is 0 Å². The van der Waals surface area contributed by atoms with Gasteiger partial charge in [0.1, 0.15) is 9.84 Å². The number of nitrogens with one attached hydrogen (secondary N) is 1. The third kappa shape index (κ3) is 4.21. The quantitative estimate of drug-likeness (QED) is 0.781. The molecule has 1 heterocycles. The monoisotopic (exact) mass is 274 g/mol. The van der Waals surface area contributed by atoms with Crippen LogP contribution in [0.15, 0.2) is 0 Å². The van der Waals surface area contributed by atoms with E-state index < -0.39 is 9.84 Å². The van der Waals surface area contributed by atoms with E-state index in [0.29, 0.717) is 24.4 Å². The molecule has 106 valence electrons. The van der Waals surface area contributed by atoms with E-state index in [0.717, 1.165) is 19.0 Å². The van der Waals surface area contributed by atoms with Gasteiger partial charge in [0.25, 0.3) is 0 Å². The van der Waals surface area contributed by atoms with Crippen molar-refractivity contribution in [2.24, 2.45) is 5.92 Å². The van der Waals surface area contributed by atoms with Crippen LogP contribution in [0.1, 0.15) is 32.6 Å². The topological polar surface area (TPSA) is 49.4 Å². The number of hydrogen-bond acceptors (Lipinski definition) is 4. The van der Waals surface area contributed by atoms with E-state index in [1.165, 1.54) is 31.9 Å². The first-order chi connectivity index (χ1) is 8.49. The molecule has 2 fully saturated rings. The van der Waals surface area contributed by atoms with E-state index in [4.69, 9.17) is 0 Å². The summed E-state index contributed by atoms with van der Waals surface area (Å²) in [5, 5.41) is 3.63. The average molecular weight is 274 g/mol. The molecule has 2 atom stereocenters. The molecule has 0 spiro atoms. The molecule has 4 nitrogen and oxygen atoms in total. The molecule has 1 N–H and O–H groups in total. The average Bonchev–Trinajstić information content (AvgIpc) is 3.10. The van der Waals surface area contributed by atoms with E-state index >= 15 is 0 Å². The zero-order chi connectivity index (χ0) is 13.2. The second-order valence-corrected chi connectivity index (χ2v) is 8.18. The fourth-order valence-corrected chi connectivity index (χ4v) is 3.49. The van der Waals surface area contributed by atoms with Gasteiger partial charge in [0.15, 0.2) is 0 Å². The highest BCUT2D eigenvalue weighted by Crippen LogP contribution is 2.36. The Morgan fingerprint density at radius 2 is 2.06 bits per heavy atom. The first-order valence-electron chi connectivity index (χ1n) is 7.14. The Labute approximate surface area is 111 Å². The van der Waals surface area contributed by atoms with Crippen molar-refractivity contribution in [2.75, 3.05) is 31.6 Å². The second-order valence-electron chi connectivity index (χ2n) is 5.92. The van der Waals surface area contributed by atoms with Crippen molar-refractivity contribution in [1.82, 2.24) is 10.2 Å². The predicted octanol–water partition coefficient (Wildman–Crippen LogP) is 0.884. The maximum Gasteiger partial charge on any atom is 0.148 e. The lowest BCUT2D eigenvalue weighted by molar-refractivity contribution is 0.119. The van der Waals surface area contributed by atoms with Crippen LogP contribution in [0.25, 0.3) is 0 Å². The largest absolute Gasteiger partial charge is 0.311 e. The summed E-state index contributed by atoms with van der Waals surface area (Å²) >= 11 is 0. The molecule has 1 saturated carbocycles. The standard InChI is InChI=1S/C13H26N2O2S/c1-3-4-12-10-15(7-8-18(2,16)17)13(9-14-12)11-5-6-11/h11-14H,3-10H2,1-2H3. The summed E-state index contributed by atoms with van der Waals surface area (Å²) in [4.78, 5) is 2.43. The Morgan fingerprint density at radius 1 is 1.33 bits per heavy atom. The summed E-state index contributed by atoms with van der Waals surface area (Å²) in [7, 11) is -2.84. The van der Waals surface area contributed by atoms with Gasteiger partial charge in [-0.05, 0) is 25.2 Å². The summed E-state index contributed by atoms with van der Waals surface area (Å²) in [6.45, 7) is 4.97. The van der Waals surface area contributed by atoms with Gasteiger partial charge in [-0.1, -0.05) is 13.3 Å². The first-order valence-corrected chi connectivity index (χ1v) is 9.21. The lowest BCUT2D eigenvalue weighted by Gasteiger charge is -2.40. The van der Waals surface area contributed by atoms with Gasteiger partial charge in [-0.2, -0.15) is 0 Å². The molecule has 0 aromatic heterocycles. The third-order valence-corrected chi connectivity index (χ3v) is 5.02. The Hall–Kier alpha value is -0.130. The number of nitrogens with zero attached hydrogens (tertiary/aromatic N) is 1. The Morgan fingerprint density at radius 3 is 2.61 bits per heavy atom. The van der Waals surface area contributed by atoms with Crippen LogP contribution < -0.4 is 5.32 Å². The Bertz CT molecular complexity index is 365. The molecule has 1 saturated heterocycles. The molecular formula is C13H26N2O2S. The zero-order valence-electron chi connectivity index (χ0n) is 11.6. The fraction of sp³-hybridized carbons (Fsp3) is 1.00. The van der Waals surface area contributed by atoms with Crippen molar-refractivity contribution < 1.29 is 8.42 Å². The normalized spacial score (nSPS) is 30.6. The van der Waals surface area contributed by atoms with Gasteiger partial charge in [0.05, 0.1) is 5.75 Å². The molecule has 0 radical (unpaired) electrons. The van der Waals surface area contributed by atoms with Gasteiger partial charge in [-0.25, -0.2) is 8.42 Å². The number of sulfone groups is 1. The number of rotatable bonds is 6. The van der Waals surface area contributed by atoms with Gasteiger partial charge in [0.2, 0.25) is 0 Å². The molecule has 2 aliphatic rings. The smallest absolute Gasteiger partial charge is 0.148 e. The summed E-state index contributed by atoms with van der Waals surface area (Å²) in [5.74, 6) is 1.11. The first kappa shape index (κ1) is 14.3. The minimum atomic E-state index is -2.84. The summed E-state index contributed by atoms with van der Waals surface area (Å²) < 4.78 is 22.7. The maximum absolute atomic E-state index is 11.3. The van der Waals surface area contributed by atoms with Crippen LogP contribution in [0.5, 0.6) is 0 Å². The molecule has 1 aliphatic carbocycles.